The first-order chi connectivity index (χ1) is 9.88. The molecule has 0 radical (unpaired) electrons. The molecule has 2 saturated heterocycles. The molecule has 20 heavy (non-hydrogen) atoms. The minimum absolute atomic E-state index is 0.264. The molecule has 2 fully saturated rings. The molecule has 3 rings (SSSR count). The molecule has 0 aliphatic carbocycles. The Bertz CT molecular complexity index is 455. The van der Waals surface area contributed by atoms with Gasteiger partial charge in [0.25, 0.3) is 0 Å². The summed E-state index contributed by atoms with van der Waals surface area (Å²) in [6.45, 7) is 6.73. The zero-order chi connectivity index (χ0) is 13.8. The van der Waals surface area contributed by atoms with Gasteiger partial charge in [-0.3, -0.25) is 9.80 Å². The molecule has 1 aromatic rings. The maximum atomic E-state index is 9.09. The van der Waals surface area contributed by atoms with E-state index in [1.54, 1.807) is 0 Å². The number of nitrogens with zero attached hydrogens (tertiary/aromatic N) is 3. The number of hydrogen-bond donors (Lipinski definition) is 1. The van der Waals surface area contributed by atoms with Gasteiger partial charge in [-0.05, 0) is 5.56 Å². The minimum Gasteiger partial charge on any atom is -0.314 e. The Morgan fingerprint density at radius 1 is 1.20 bits per heavy atom. The summed E-state index contributed by atoms with van der Waals surface area (Å²) in [5.74, 6) is 0. The molecule has 1 unspecified atom stereocenters. The van der Waals surface area contributed by atoms with Crippen molar-refractivity contribution in [2.75, 3.05) is 39.3 Å². The maximum absolute atomic E-state index is 9.09. The summed E-state index contributed by atoms with van der Waals surface area (Å²) in [5, 5.41) is 12.5. The van der Waals surface area contributed by atoms with Crippen molar-refractivity contribution in [2.45, 2.75) is 18.5 Å². The fraction of sp³-hybridized carbons (Fsp3) is 0.562. The van der Waals surface area contributed by atoms with E-state index in [1.165, 1.54) is 5.56 Å². The Kier molecular flexibility index (Phi) is 4.31. The molecule has 0 bridgehead atoms. The number of piperazine rings is 1. The van der Waals surface area contributed by atoms with Crippen LogP contribution >= 0.6 is 0 Å². The molecule has 2 aliphatic heterocycles. The number of likely N-dealkylation sites (tertiary alicyclic amines) is 1. The Balaban J connectivity index is 1.60. The van der Waals surface area contributed by atoms with Crippen LogP contribution < -0.4 is 5.32 Å². The topological polar surface area (TPSA) is 42.3 Å². The van der Waals surface area contributed by atoms with Gasteiger partial charge in [0, 0.05) is 51.4 Å². The summed E-state index contributed by atoms with van der Waals surface area (Å²) in [6.07, 6.45) is 0.582. The van der Waals surface area contributed by atoms with Crippen molar-refractivity contribution in [1.29, 1.82) is 5.26 Å². The van der Waals surface area contributed by atoms with E-state index in [4.69, 9.17) is 5.26 Å². The van der Waals surface area contributed by atoms with Crippen molar-refractivity contribution < 1.29 is 0 Å². The molecule has 4 heteroatoms. The van der Waals surface area contributed by atoms with Gasteiger partial charge in [-0.2, -0.15) is 5.26 Å². The van der Waals surface area contributed by atoms with Gasteiger partial charge in [-0.1, -0.05) is 30.3 Å². The van der Waals surface area contributed by atoms with Crippen molar-refractivity contribution in [1.82, 2.24) is 15.1 Å². The second kappa shape index (κ2) is 6.36. The van der Waals surface area contributed by atoms with E-state index < -0.39 is 0 Å². The average molecular weight is 270 g/mol. The molecule has 0 saturated carbocycles. The summed E-state index contributed by atoms with van der Waals surface area (Å²) in [4.78, 5) is 5.03. The second-order valence-electron chi connectivity index (χ2n) is 5.68. The third kappa shape index (κ3) is 2.85. The molecule has 1 N–H and O–H groups in total. The molecule has 4 nitrogen and oxygen atoms in total. The van der Waals surface area contributed by atoms with Gasteiger partial charge < -0.3 is 5.32 Å². The number of benzene rings is 1. The fourth-order valence-electron chi connectivity index (χ4n) is 3.24. The molecule has 2 heterocycles. The van der Waals surface area contributed by atoms with Gasteiger partial charge in [0.05, 0.1) is 12.5 Å². The van der Waals surface area contributed by atoms with Crippen LogP contribution in [0.25, 0.3) is 0 Å². The molecule has 0 spiro atoms. The lowest BCUT2D eigenvalue weighted by Gasteiger charge is -2.49. The fourth-order valence-corrected chi connectivity index (χ4v) is 3.24. The van der Waals surface area contributed by atoms with E-state index in [-0.39, 0.29) is 6.04 Å². The van der Waals surface area contributed by atoms with Crippen LogP contribution in [-0.4, -0.2) is 55.1 Å². The SMILES string of the molecule is N#CCC(c1ccccc1)N1CC(N2CCNCC2)C1. The molecule has 2 aliphatic rings. The average Bonchev–Trinajstić information content (AvgIpc) is 2.47. The normalized spacial score (nSPS) is 22.9. The highest BCUT2D eigenvalue weighted by molar-refractivity contribution is 5.21. The van der Waals surface area contributed by atoms with Gasteiger partial charge in [0.1, 0.15) is 0 Å². The Hall–Kier alpha value is -1.41. The minimum atomic E-state index is 0.264. The van der Waals surface area contributed by atoms with Crippen LogP contribution in [0.4, 0.5) is 0 Å². The first-order valence-electron chi connectivity index (χ1n) is 7.49. The second-order valence-corrected chi connectivity index (χ2v) is 5.68. The van der Waals surface area contributed by atoms with Gasteiger partial charge in [-0.15, -0.1) is 0 Å². The van der Waals surface area contributed by atoms with E-state index in [0.717, 1.165) is 39.3 Å². The van der Waals surface area contributed by atoms with E-state index in [0.29, 0.717) is 12.5 Å². The zero-order valence-corrected chi connectivity index (χ0v) is 11.8. The third-order valence-corrected chi connectivity index (χ3v) is 4.47. The van der Waals surface area contributed by atoms with Crippen LogP contribution in [0.2, 0.25) is 0 Å². The van der Waals surface area contributed by atoms with Gasteiger partial charge in [0.15, 0.2) is 0 Å². The van der Waals surface area contributed by atoms with Gasteiger partial charge in [0.2, 0.25) is 0 Å². The highest BCUT2D eigenvalue weighted by atomic mass is 15.3. The molecule has 0 aromatic heterocycles. The number of nitriles is 1. The highest BCUT2D eigenvalue weighted by Crippen LogP contribution is 2.30. The van der Waals surface area contributed by atoms with Crippen LogP contribution in [-0.2, 0) is 0 Å². The van der Waals surface area contributed by atoms with Crippen molar-refractivity contribution in [3.63, 3.8) is 0 Å². The van der Waals surface area contributed by atoms with Gasteiger partial charge in [-0.25, -0.2) is 0 Å². The van der Waals surface area contributed by atoms with E-state index in [2.05, 4.69) is 45.5 Å². The molecule has 0 amide bonds. The molecule has 106 valence electrons. The van der Waals surface area contributed by atoms with Crippen LogP contribution in [0.1, 0.15) is 18.0 Å². The molecular formula is C16H22N4. The lowest BCUT2D eigenvalue weighted by molar-refractivity contribution is -0.000174. The number of nitrogens with one attached hydrogen (secondary N) is 1. The van der Waals surface area contributed by atoms with Crippen molar-refractivity contribution in [3.8, 4) is 6.07 Å². The largest absolute Gasteiger partial charge is 0.314 e. The van der Waals surface area contributed by atoms with E-state index in [9.17, 15) is 0 Å². The predicted octanol–water partition coefficient (Wildman–Crippen LogP) is 1.23. The summed E-state index contributed by atoms with van der Waals surface area (Å²) in [5.41, 5.74) is 1.27. The van der Waals surface area contributed by atoms with Crippen LogP contribution in [0.5, 0.6) is 0 Å². The van der Waals surface area contributed by atoms with E-state index >= 15 is 0 Å². The lowest BCUT2D eigenvalue weighted by atomic mass is 9.96. The van der Waals surface area contributed by atoms with Crippen molar-refractivity contribution in [2.24, 2.45) is 0 Å². The molecule has 1 atom stereocenters. The lowest BCUT2D eigenvalue weighted by Crippen LogP contribution is -2.63. The van der Waals surface area contributed by atoms with Crippen molar-refractivity contribution >= 4 is 0 Å². The maximum Gasteiger partial charge on any atom is 0.0641 e. The zero-order valence-electron chi connectivity index (χ0n) is 11.8. The Morgan fingerprint density at radius 3 is 2.55 bits per heavy atom. The molecule has 1 aromatic carbocycles. The van der Waals surface area contributed by atoms with Crippen LogP contribution in [0.3, 0.4) is 0 Å². The van der Waals surface area contributed by atoms with E-state index in [1.807, 2.05) is 6.07 Å². The molecular weight excluding hydrogens is 248 g/mol. The third-order valence-electron chi connectivity index (χ3n) is 4.47. The van der Waals surface area contributed by atoms with Crippen LogP contribution in [0, 0.1) is 11.3 Å². The summed E-state index contributed by atoms with van der Waals surface area (Å²) < 4.78 is 0. The first-order valence-corrected chi connectivity index (χ1v) is 7.49. The Labute approximate surface area is 121 Å². The Morgan fingerprint density at radius 2 is 1.90 bits per heavy atom. The monoisotopic (exact) mass is 270 g/mol. The summed E-state index contributed by atoms with van der Waals surface area (Å²) in [6, 6.07) is 13.7. The smallest absolute Gasteiger partial charge is 0.0641 e. The predicted molar refractivity (Wildman–Crippen MR) is 79.2 cm³/mol. The quantitative estimate of drug-likeness (QED) is 0.893. The first kappa shape index (κ1) is 13.6. The summed E-state index contributed by atoms with van der Waals surface area (Å²) in [7, 11) is 0. The highest BCUT2D eigenvalue weighted by Gasteiger charge is 2.36. The number of hydrogen-bond acceptors (Lipinski definition) is 4. The number of rotatable bonds is 4. The van der Waals surface area contributed by atoms with Gasteiger partial charge >= 0.3 is 0 Å². The van der Waals surface area contributed by atoms with Crippen LogP contribution in [0.15, 0.2) is 30.3 Å². The summed E-state index contributed by atoms with van der Waals surface area (Å²) >= 11 is 0. The van der Waals surface area contributed by atoms with Crippen molar-refractivity contribution in [3.05, 3.63) is 35.9 Å². The standard InChI is InChI=1S/C16H22N4/c17-7-6-16(14-4-2-1-3-5-14)20-12-15(13-20)19-10-8-18-9-11-19/h1-5,15-16,18H,6,8-13H2.